The summed E-state index contributed by atoms with van der Waals surface area (Å²) in [5, 5.41) is 4.88. The molecule has 354 valence electrons. The Hall–Kier alpha value is -8.72. The molecule has 0 spiro atoms. The SMILES string of the molecule is CC1(C)c2ccccc2-c2ccc(-c3c4ccc(N(c5ccccc5)c5ccc6c(c5)CCC=C6)cc4c(-c4ccc5c(c4)C(C)(C)c4ccccc4-5)c4ccc(N(c5ccccc5)c5ccccc5)cc34)cc21. The summed E-state index contributed by atoms with van der Waals surface area (Å²) < 4.78 is 0. The Labute approximate surface area is 435 Å². The van der Waals surface area contributed by atoms with Crippen LogP contribution in [0.3, 0.4) is 0 Å². The van der Waals surface area contributed by atoms with Crippen LogP contribution in [0.4, 0.5) is 34.1 Å². The van der Waals surface area contributed by atoms with Crippen molar-refractivity contribution >= 4 is 61.7 Å². The van der Waals surface area contributed by atoms with Gasteiger partial charge in [0.05, 0.1) is 0 Å². The van der Waals surface area contributed by atoms with Gasteiger partial charge in [0.25, 0.3) is 0 Å². The summed E-state index contributed by atoms with van der Waals surface area (Å²) in [7, 11) is 0. The second-order valence-corrected chi connectivity index (χ2v) is 21.6. The molecule has 11 aromatic carbocycles. The molecule has 0 atom stereocenters. The Kier molecular flexibility index (Phi) is 10.1. The second kappa shape index (κ2) is 16.9. The van der Waals surface area contributed by atoms with Gasteiger partial charge in [-0.2, -0.15) is 0 Å². The van der Waals surface area contributed by atoms with E-state index in [1.165, 1.54) is 99.4 Å². The molecule has 2 heteroatoms. The first-order chi connectivity index (χ1) is 36.2. The monoisotopic (exact) mass is 948 g/mol. The maximum absolute atomic E-state index is 2.52. The molecule has 0 saturated heterocycles. The number of allylic oxidation sites excluding steroid dienone is 1. The fourth-order valence-corrected chi connectivity index (χ4v) is 13.0. The number of benzene rings is 11. The predicted molar refractivity (Wildman–Crippen MR) is 314 cm³/mol. The van der Waals surface area contributed by atoms with Crippen LogP contribution in [0.15, 0.2) is 237 Å². The van der Waals surface area contributed by atoms with Crippen molar-refractivity contribution in [3.05, 3.63) is 270 Å². The van der Waals surface area contributed by atoms with Crippen LogP contribution in [0.5, 0.6) is 0 Å². The van der Waals surface area contributed by atoms with E-state index >= 15 is 0 Å². The molecular formula is C72H56N2. The van der Waals surface area contributed by atoms with Gasteiger partial charge in [0.2, 0.25) is 0 Å². The van der Waals surface area contributed by atoms with Gasteiger partial charge in [0, 0.05) is 45.0 Å². The lowest BCUT2D eigenvalue weighted by Gasteiger charge is -2.29. The molecule has 0 bridgehead atoms. The topological polar surface area (TPSA) is 6.48 Å². The smallest absolute Gasteiger partial charge is 0.0468 e. The zero-order chi connectivity index (χ0) is 49.7. The summed E-state index contributed by atoms with van der Waals surface area (Å²) in [5.74, 6) is 0. The third-order valence-electron chi connectivity index (χ3n) is 16.7. The highest BCUT2D eigenvalue weighted by molar-refractivity contribution is 6.23. The van der Waals surface area contributed by atoms with Crippen LogP contribution in [0, 0.1) is 0 Å². The minimum Gasteiger partial charge on any atom is -0.310 e. The molecule has 0 aromatic heterocycles. The second-order valence-electron chi connectivity index (χ2n) is 21.6. The lowest BCUT2D eigenvalue weighted by Crippen LogP contribution is -2.15. The Morgan fingerprint density at radius 1 is 0.324 bits per heavy atom. The van der Waals surface area contributed by atoms with E-state index in [1.54, 1.807) is 0 Å². The van der Waals surface area contributed by atoms with E-state index in [0.29, 0.717) is 0 Å². The lowest BCUT2D eigenvalue weighted by molar-refractivity contribution is 0.660. The van der Waals surface area contributed by atoms with Gasteiger partial charge >= 0.3 is 0 Å². The third kappa shape index (κ3) is 6.85. The molecule has 0 radical (unpaired) electrons. The molecule has 74 heavy (non-hydrogen) atoms. The Morgan fingerprint density at radius 2 is 0.730 bits per heavy atom. The molecule has 2 nitrogen and oxygen atoms in total. The van der Waals surface area contributed by atoms with Gasteiger partial charge in [0.1, 0.15) is 0 Å². The van der Waals surface area contributed by atoms with Gasteiger partial charge in [0.15, 0.2) is 0 Å². The number of rotatable bonds is 8. The van der Waals surface area contributed by atoms with Gasteiger partial charge < -0.3 is 9.80 Å². The van der Waals surface area contributed by atoms with Crippen LogP contribution >= 0.6 is 0 Å². The minimum absolute atomic E-state index is 0.168. The maximum atomic E-state index is 2.52. The molecule has 0 saturated carbocycles. The van der Waals surface area contributed by atoms with Crippen molar-refractivity contribution in [3.63, 3.8) is 0 Å². The van der Waals surface area contributed by atoms with Crippen LogP contribution < -0.4 is 9.80 Å². The number of nitrogens with zero attached hydrogens (tertiary/aromatic N) is 2. The van der Waals surface area contributed by atoms with Gasteiger partial charge in [-0.15, -0.1) is 0 Å². The van der Waals surface area contributed by atoms with E-state index in [0.717, 1.165) is 47.0 Å². The van der Waals surface area contributed by atoms with E-state index < -0.39 is 0 Å². The fraction of sp³-hybridized carbons (Fsp3) is 0.111. The first kappa shape index (κ1) is 44.0. The number of aryl methyl sites for hydroxylation is 1. The summed E-state index contributed by atoms with van der Waals surface area (Å²) >= 11 is 0. The first-order valence-electron chi connectivity index (χ1n) is 26.3. The molecule has 0 N–H and O–H groups in total. The van der Waals surface area contributed by atoms with E-state index in [9.17, 15) is 0 Å². The maximum Gasteiger partial charge on any atom is 0.0468 e. The molecule has 3 aliphatic carbocycles. The summed E-state index contributed by atoms with van der Waals surface area (Å²) in [6, 6.07) is 86.7. The highest BCUT2D eigenvalue weighted by Gasteiger charge is 2.37. The van der Waals surface area contributed by atoms with Crippen LogP contribution in [-0.4, -0.2) is 0 Å². The van der Waals surface area contributed by atoms with E-state index in [4.69, 9.17) is 0 Å². The largest absolute Gasteiger partial charge is 0.310 e. The van der Waals surface area contributed by atoms with Crippen molar-refractivity contribution in [2.75, 3.05) is 9.80 Å². The zero-order valence-corrected chi connectivity index (χ0v) is 42.4. The van der Waals surface area contributed by atoms with Crippen LogP contribution in [0.2, 0.25) is 0 Å². The Morgan fingerprint density at radius 3 is 1.22 bits per heavy atom. The average Bonchev–Trinajstić information content (AvgIpc) is 3.90. The molecule has 0 heterocycles. The van der Waals surface area contributed by atoms with Crippen LogP contribution in [-0.2, 0) is 17.3 Å². The van der Waals surface area contributed by atoms with E-state index in [1.807, 2.05) is 0 Å². The normalized spacial score (nSPS) is 14.3. The number of hydrogen-bond acceptors (Lipinski definition) is 2. The first-order valence-corrected chi connectivity index (χ1v) is 26.3. The van der Waals surface area contributed by atoms with Crippen LogP contribution in [0.25, 0.3) is 72.1 Å². The molecule has 11 aromatic rings. The Balaban J connectivity index is 1.09. The van der Waals surface area contributed by atoms with Gasteiger partial charge in [-0.05, 0) is 197 Å². The lowest BCUT2D eigenvalue weighted by atomic mass is 9.79. The third-order valence-corrected chi connectivity index (χ3v) is 16.7. The van der Waals surface area contributed by atoms with E-state index in [2.05, 4.69) is 280 Å². The van der Waals surface area contributed by atoms with E-state index in [-0.39, 0.29) is 10.8 Å². The Bertz CT molecular complexity index is 4030. The highest BCUT2D eigenvalue weighted by atomic mass is 15.1. The number of para-hydroxylation sites is 3. The summed E-state index contributed by atoms with van der Waals surface area (Å²) in [6.07, 6.45) is 6.67. The quantitative estimate of drug-likeness (QED) is 0.140. The van der Waals surface area contributed by atoms with Crippen LogP contribution in [0.1, 0.15) is 67.5 Å². The molecule has 0 fully saturated rings. The minimum atomic E-state index is -0.168. The number of hydrogen-bond donors (Lipinski definition) is 0. The van der Waals surface area contributed by atoms with Crippen molar-refractivity contribution in [2.45, 2.75) is 51.4 Å². The van der Waals surface area contributed by atoms with Crippen molar-refractivity contribution in [3.8, 4) is 44.5 Å². The molecule has 0 aliphatic heterocycles. The number of fused-ring (bicyclic) bond motifs is 9. The standard InChI is InChI=1S/C72H56N2/c1-71(2)65-30-18-16-28-57(65)59-38-33-49(43-67(59)71)69-62-41-37-56(74(53-26-12-7-13-27-53)54-35-32-47-20-14-15-21-48(47)42-54)46-64(62)70(50-34-39-60-58-29-17-19-31-66(58)72(3,4)68(60)44-50)61-40-36-55(45-63(61)69)73(51-22-8-5-9-23-51)52-24-10-6-11-25-52/h5-14,16-20,22-46H,15,21H2,1-4H3. The molecule has 0 amide bonds. The zero-order valence-electron chi connectivity index (χ0n) is 42.4. The molecular weight excluding hydrogens is 893 g/mol. The predicted octanol–water partition coefficient (Wildman–Crippen LogP) is 19.8. The summed E-state index contributed by atoms with van der Waals surface area (Å²) in [5.41, 5.74) is 24.8. The summed E-state index contributed by atoms with van der Waals surface area (Å²) in [4.78, 5) is 4.86. The van der Waals surface area contributed by atoms with Gasteiger partial charge in [-0.25, -0.2) is 0 Å². The average molecular weight is 949 g/mol. The van der Waals surface area contributed by atoms with Crippen molar-refractivity contribution in [2.24, 2.45) is 0 Å². The van der Waals surface area contributed by atoms with Gasteiger partial charge in [-0.1, -0.05) is 185 Å². The number of anilines is 6. The van der Waals surface area contributed by atoms with Crippen molar-refractivity contribution in [1.82, 2.24) is 0 Å². The molecule has 3 aliphatic rings. The molecule has 0 unspecified atom stereocenters. The summed E-state index contributed by atoms with van der Waals surface area (Å²) in [6.45, 7) is 9.58. The fourth-order valence-electron chi connectivity index (χ4n) is 13.0. The van der Waals surface area contributed by atoms with Crippen molar-refractivity contribution < 1.29 is 0 Å². The highest BCUT2D eigenvalue weighted by Crippen LogP contribution is 2.55. The van der Waals surface area contributed by atoms with Crippen molar-refractivity contribution in [1.29, 1.82) is 0 Å². The molecule has 14 rings (SSSR count). The van der Waals surface area contributed by atoms with Gasteiger partial charge in [-0.3, -0.25) is 0 Å².